The molecule has 3 rings (SSSR count). The number of nitrogens with zero attached hydrogens (tertiary/aromatic N) is 1. The second-order valence-corrected chi connectivity index (χ2v) is 7.30. The molecule has 0 saturated heterocycles. The van der Waals surface area contributed by atoms with Crippen molar-refractivity contribution >= 4 is 57.5 Å². The van der Waals surface area contributed by atoms with Crippen molar-refractivity contribution in [2.75, 3.05) is 5.32 Å². The molecule has 0 aliphatic heterocycles. The summed E-state index contributed by atoms with van der Waals surface area (Å²) in [6.45, 7) is 2.00. The van der Waals surface area contributed by atoms with Crippen LogP contribution in [0.1, 0.15) is 5.56 Å². The largest absolute Gasteiger partial charge is 0.436 e. The van der Waals surface area contributed by atoms with E-state index >= 15 is 0 Å². The number of aromatic nitrogens is 1. The van der Waals surface area contributed by atoms with Gasteiger partial charge in [0.05, 0.1) is 0 Å². The van der Waals surface area contributed by atoms with Crippen LogP contribution in [0.4, 0.5) is 5.69 Å². The molecule has 1 heterocycles. The van der Waals surface area contributed by atoms with E-state index in [0.717, 1.165) is 22.2 Å². The van der Waals surface area contributed by atoms with Crippen LogP contribution in [0, 0.1) is 6.92 Å². The average Bonchev–Trinajstić information content (AvgIpc) is 2.90. The Labute approximate surface area is 147 Å². The van der Waals surface area contributed by atoms with E-state index in [2.05, 4.69) is 10.3 Å². The second-order valence-electron chi connectivity index (χ2n) is 5.02. The number of fused-ring (bicyclic) bond motifs is 1. The minimum atomic E-state index is -2.00. The minimum absolute atomic E-state index is 0.504. The summed E-state index contributed by atoms with van der Waals surface area (Å²) in [5.74, 6) is -0.211. The quantitative estimate of drug-likeness (QED) is 0.638. The van der Waals surface area contributed by atoms with Gasteiger partial charge in [0.15, 0.2) is 5.58 Å². The molecule has 0 fully saturated rings. The van der Waals surface area contributed by atoms with E-state index in [1.807, 2.05) is 25.1 Å². The van der Waals surface area contributed by atoms with Gasteiger partial charge in [-0.3, -0.25) is 4.79 Å². The second kappa shape index (κ2) is 6.04. The fourth-order valence-electron chi connectivity index (χ4n) is 2.06. The van der Waals surface area contributed by atoms with Gasteiger partial charge < -0.3 is 9.73 Å². The van der Waals surface area contributed by atoms with E-state index in [1.54, 1.807) is 24.3 Å². The molecular weight excluding hydrogens is 359 g/mol. The van der Waals surface area contributed by atoms with Gasteiger partial charge in [-0.15, -0.1) is 0 Å². The van der Waals surface area contributed by atoms with Crippen molar-refractivity contribution in [2.24, 2.45) is 0 Å². The maximum atomic E-state index is 11.6. The number of rotatable bonds is 2. The maximum absolute atomic E-state index is 11.6. The van der Waals surface area contributed by atoms with Crippen LogP contribution in [0.15, 0.2) is 46.9 Å². The van der Waals surface area contributed by atoms with E-state index in [-0.39, 0.29) is 0 Å². The molecule has 118 valence electrons. The number of hydrogen-bond acceptors (Lipinski definition) is 3. The Bertz CT molecular complexity index is 867. The fourth-order valence-corrected chi connectivity index (χ4v) is 2.20. The molecule has 3 aromatic rings. The van der Waals surface area contributed by atoms with Crippen LogP contribution in [-0.4, -0.2) is 14.7 Å². The molecule has 0 radical (unpaired) electrons. The Morgan fingerprint density at radius 1 is 1.13 bits per heavy atom. The summed E-state index contributed by atoms with van der Waals surface area (Å²) in [4.78, 5) is 16.1. The third-order valence-electron chi connectivity index (χ3n) is 3.19. The van der Waals surface area contributed by atoms with Gasteiger partial charge in [0.25, 0.3) is 9.70 Å². The van der Waals surface area contributed by atoms with Crippen LogP contribution >= 0.6 is 34.8 Å². The molecular formula is C16H11Cl3N2O2. The Morgan fingerprint density at radius 3 is 2.48 bits per heavy atom. The highest BCUT2D eigenvalue weighted by Gasteiger charge is 2.30. The predicted octanol–water partition coefficient (Wildman–Crippen LogP) is 5.11. The smallest absolute Gasteiger partial charge is 0.276 e. The Morgan fingerprint density at radius 2 is 1.83 bits per heavy atom. The molecule has 1 amide bonds. The van der Waals surface area contributed by atoms with Gasteiger partial charge in [-0.05, 0) is 48.9 Å². The van der Waals surface area contributed by atoms with Crippen LogP contribution < -0.4 is 5.32 Å². The van der Waals surface area contributed by atoms with E-state index in [4.69, 9.17) is 39.2 Å². The van der Waals surface area contributed by atoms with Crippen molar-refractivity contribution in [3.8, 4) is 11.5 Å². The first-order valence-electron chi connectivity index (χ1n) is 6.69. The van der Waals surface area contributed by atoms with E-state index in [1.165, 1.54) is 0 Å². The molecule has 4 nitrogen and oxygen atoms in total. The molecule has 0 saturated carbocycles. The number of carbonyl (C=O) groups excluding carboxylic acids is 1. The zero-order valence-corrected chi connectivity index (χ0v) is 14.2. The summed E-state index contributed by atoms with van der Waals surface area (Å²) in [5.41, 5.74) is 3.93. The summed E-state index contributed by atoms with van der Waals surface area (Å²) in [6.07, 6.45) is 0. The average molecular weight is 370 g/mol. The first kappa shape index (κ1) is 16.1. The van der Waals surface area contributed by atoms with Gasteiger partial charge >= 0.3 is 0 Å². The number of amides is 1. The lowest BCUT2D eigenvalue weighted by Crippen LogP contribution is -2.26. The highest BCUT2D eigenvalue weighted by atomic mass is 35.6. The topological polar surface area (TPSA) is 55.1 Å². The summed E-state index contributed by atoms with van der Waals surface area (Å²) in [7, 11) is 0. The van der Waals surface area contributed by atoms with Crippen LogP contribution in [0.2, 0.25) is 0 Å². The maximum Gasteiger partial charge on any atom is 0.276 e. The Kier molecular flexibility index (Phi) is 4.23. The third kappa shape index (κ3) is 3.61. The highest BCUT2D eigenvalue weighted by Crippen LogP contribution is 2.29. The van der Waals surface area contributed by atoms with E-state index in [0.29, 0.717) is 11.6 Å². The number of anilines is 1. The van der Waals surface area contributed by atoms with E-state index < -0.39 is 9.70 Å². The lowest BCUT2D eigenvalue weighted by molar-refractivity contribution is -0.115. The first-order valence-corrected chi connectivity index (χ1v) is 7.82. The normalized spacial score (nSPS) is 11.7. The van der Waals surface area contributed by atoms with Gasteiger partial charge in [-0.2, -0.15) is 0 Å². The lowest BCUT2D eigenvalue weighted by atomic mass is 10.2. The van der Waals surface area contributed by atoms with Crippen molar-refractivity contribution < 1.29 is 9.21 Å². The van der Waals surface area contributed by atoms with Crippen LogP contribution in [0.5, 0.6) is 0 Å². The monoisotopic (exact) mass is 368 g/mol. The molecule has 7 heteroatoms. The Balaban J connectivity index is 1.85. The van der Waals surface area contributed by atoms with Gasteiger partial charge in [-0.25, -0.2) is 4.98 Å². The molecule has 1 N–H and O–H groups in total. The molecule has 0 unspecified atom stereocenters. The van der Waals surface area contributed by atoms with Crippen molar-refractivity contribution in [2.45, 2.75) is 10.7 Å². The number of benzene rings is 2. The molecule has 2 aromatic carbocycles. The standard InChI is InChI=1S/C16H11Cl3N2O2/c1-9-2-7-13-12(8-9)21-14(23-13)10-3-5-11(6-4-10)20-15(22)16(17,18)19/h2-8H,1H3,(H,20,22). The summed E-state index contributed by atoms with van der Waals surface area (Å²) < 4.78 is 3.72. The number of aryl methyl sites for hydroxylation is 1. The van der Waals surface area contributed by atoms with Crippen LogP contribution in [-0.2, 0) is 4.79 Å². The van der Waals surface area contributed by atoms with Crippen molar-refractivity contribution in [3.05, 3.63) is 48.0 Å². The molecule has 1 aromatic heterocycles. The molecule has 0 aliphatic carbocycles. The first-order chi connectivity index (χ1) is 10.8. The zero-order valence-electron chi connectivity index (χ0n) is 11.9. The summed E-state index contributed by atoms with van der Waals surface area (Å²) in [5, 5.41) is 2.51. The zero-order chi connectivity index (χ0) is 16.6. The summed E-state index contributed by atoms with van der Waals surface area (Å²) >= 11 is 16.5. The number of nitrogens with one attached hydrogen (secondary N) is 1. The van der Waals surface area contributed by atoms with Crippen LogP contribution in [0.3, 0.4) is 0 Å². The molecule has 23 heavy (non-hydrogen) atoms. The molecule has 0 aliphatic rings. The highest BCUT2D eigenvalue weighted by molar-refractivity contribution is 6.76. The van der Waals surface area contributed by atoms with E-state index in [9.17, 15) is 4.79 Å². The number of alkyl halides is 3. The number of oxazole rings is 1. The fraction of sp³-hybridized carbons (Fsp3) is 0.125. The van der Waals surface area contributed by atoms with Gasteiger partial charge in [0, 0.05) is 11.3 Å². The number of halogens is 3. The van der Waals surface area contributed by atoms with Gasteiger partial charge in [0.1, 0.15) is 5.52 Å². The van der Waals surface area contributed by atoms with Crippen LogP contribution in [0.25, 0.3) is 22.6 Å². The Hall–Kier alpha value is -1.75. The number of carbonyl (C=O) groups is 1. The number of hydrogen-bond donors (Lipinski definition) is 1. The van der Waals surface area contributed by atoms with Crippen molar-refractivity contribution in [3.63, 3.8) is 0 Å². The third-order valence-corrected chi connectivity index (χ3v) is 3.71. The minimum Gasteiger partial charge on any atom is -0.436 e. The van der Waals surface area contributed by atoms with Crippen molar-refractivity contribution in [1.82, 2.24) is 4.98 Å². The molecule has 0 spiro atoms. The molecule has 0 bridgehead atoms. The SMILES string of the molecule is Cc1ccc2oc(-c3ccc(NC(=O)C(Cl)(Cl)Cl)cc3)nc2c1. The lowest BCUT2D eigenvalue weighted by Gasteiger charge is -2.11. The molecule has 0 atom stereocenters. The van der Waals surface area contributed by atoms with Gasteiger partial charge in [0.2, 0.25) is 5.89 Å². The summed E-state index contributed by atoms with van der Waals surface area (Å²) in [6, 6.07) is 12.7. The predicted molar refractivity (Wildman–Crippen MR) is 93.1 cm³/mol. The van der Waals surface area contributed by atoms with Crippen molar-refractivity contribution in [1.29, 1.82) is 0 Å². The van der Waals surface area contributed by atoms with Gasteiger partial charge in [-0.1, -0.05) is 40.9 Å².